The molecule has 1 saturated heterocycles. The zero-order chi connectivity index (χ0) is 12.3. The molecule has 0 aromatic carbocycles. The highest BCUT2D eigenvalue weighted by Gasteiger charge is 2.07. The van der Waals surface area contributed by atoms with Gasteiger partial charge in [-0.3, -0.25) is 0 Å². The second-order valence-corrected chi connectivity index (χ2v) is 5.45. The molecule has 102 valence electrons. The number of hydrogen-bond acceptors (Lipinski definition) is 3. The van der Waals surface area contributed by atoms with Gasteiger partial charge in [-0.05, 0) is 38.1 Å². The number of ether oxygens (including phenoxy) is 1. The van der Waals surface area contributed by atoms with Crippen molar-refractivity contribution in [2.24, 2.45) is 5.92 Å². The van der Waals surface area contributed by atoms with Crippen LogP contribution in [0.5, 0.6) is 0 Å². The largest absolute Gasteiger partial charge is 0.381 e. The number of piperazine rings is 1. The lowest BCUT2D eigenvalue weighted by Gasteiger charge is -2.26. The van der Waals surface area contributed by atoms with E-state index < -0.39 is 0 Å². The van der Waals surface area contributed by atoms with Crippen molar-refractivity contribution >= 4 is 0 Å². The second kappa shape index (κ2) is 9.86. The van der Waals surface area contributed by atoms with Crippen LogP contribution < -0.4 is 5.32 Å². The maximum atomic E-state index is 5.64. The maximum absolute atomic E-state index is 5.64. The van der Waals surface area contributed by atoms with Gasteiger partial charge < -0.3 is 15.0 Å². The van der Waals surface area contributed by atoms with E-state index in [9.17, 15) is 0 Å². The summed E-state index contributed by atoms with van der Waals surface area (Å²) >= 11 is 0. The third kappa shape index (κ3) is 8.58. The zero-order valence-electron chi connectivity index (χ0n) is 11.7. The molecule has 0 amide bonds. The molecule has 0 bridgehead atoms. The van der Waals surface area contributed by atoms with Crippen molar-refractivity contribution in [2.75, 3.05) is 45.9 Å². The van der Waals surface area contributed by atoms with Crippen LogP contribution >= 0.6 is 0 Å². The van der Waals surface area contributed by atoms with Gasteiger partial charge in [-0.2, -0.15) is 0 Å². The Balaban J connectivity index is 1.78. The first kappa shape index (κ1) is 14.9. The van der Waals surface area contributed by atoms with Gasteiger partial charge in [0.05, 0.1) is 0 Å². The van der Waals surface area contributed by atoms with Crippen LogP contribution in [0.2, 0.25) is 0 Å². The fraction of sp³-hybridized carbons (Fsp3) is 1.00. The van der Waals surface area contributed by atoms with Gasteiger partial charge in [0.1, 0.15) is 0 Å². The minimum absolute atomic E-state index is 0.811. The molecule has 3 nitrogen and oxygen atoms in total. The van der Waals surface area contributed by atoms with Crippen LogP contribution in [0.15, 0.2) is 0 Å². The van der Waals surface area contributed by atoms with Crippen molar-refractivity contribution < 1.29 is 4.74 Å². The second-order valence-electron chi connectivity index (χ2n) is 5.45. The minimum atomic E-state index is 0.811. The average molecular weight is 242 g/mol. The number of nitrogens with zero attached hydrogens (tertiary/aromatic N) is 1. The number of hydrogen-bond donors (Lipinski definition) is 1. The molecule has 1 rings (SSSR count). The number of nitrogens with one attached hydrogen (secondary N) is 1. The van der Waals surface area contributed by atoms with E-state index in [4.69, 9.17) is 4.74 Å². The summed E-state index contributed by atoms with van der Waals surface area (Å²) in [6.07, 6.45) is 5.01. The molecule has 0 aromatic heterocycles. The third-order valence-electron chi connectivity index (χ3n) is 3.29. The first-order valence-electron chi connectivity index (χ1n) is 7.30. The van der Waals surface area contributed by atoms with Gasteiger partial charge >= 0.3 is 0 Å². The van der Waals surface area contributed by atoms with Gasteiger partial charge in [0.2, 0.25) is 0 Å². The van der Waals surface area contributed by atoms with E-state index in [1.807, 2.05) is 0 Å². The number of unbranched alkanes of at least 4 members (excludes halogenated alkanes) is 1. The van der Waals surface area contributed by atoms with Gasteiger partial charge in [0, 0.05) is 39.4 Å². The lowest BCUT2D eigenvalue weighted by atomic mass is 10.1. The SMILES string of the molecule is CC(C)CCCOCCCCN1CCNCC1. The molecule has 1 aliphatic heterocycles. The summed E-state index contributed by atoms with van der Waals surface area (Å²) < 4.78 is 5.64. The fourth-order valence-corrected chi connectivity index (χ4v) is 2.17. The van der Waals surface area contributed by atoms with Gasteiger partial charge in [-0.25, -0.2) is 0 Å². The summed E-state index contributed by atoms with van der Waals surface area (Å²) in [4.78, 5) is 2.55. The van der Waals surface area contributed by atoms with E-state index in [0.717, 1.165) is 32.2 Å². The quantitative estimate of drug-likeness (QED) is 0.627. The average Bonchev–Trinajstić information content (AvgIpc) is 2.33. The van der Waals surface area contributed by atoms with Crippen molar-refractivity contribution in [1.82, 2.24) is 10.2 Å². The van der Waals surface area contributed by atoms with Crippen LogP contribution in [0.3, 0.4) is 0 Å². The molecule has 0 saturated carbocycles. The van der Waals surface area contributed by atoms with Crippen LogP contribution in [-0.4, -0.2) is 50.8 Å². The Morgan fingerprint density at radius 1 is 1.06 bits per heavy atom. The summed E-state index contributed by atoms with van der Waals surface area (Å²) in [5.74, 6) is 0.811. The predicted octanol–water partition coefficient (Wildman–Crippen LogP) is 2.12. The zero-order valence-corrected chi connectivity index (χ0v) is 11.7. The Morgan fingerprint density at radius 2 is 1.76 bits per heavy atom. The maximum Gasteiger partial charge on any atom is 0.0466 e. The van der Waals surface area contributed by atoms with Gasteiger partial charge in [-0.15, -0.1) is 0 Å². The molecular formula is C14H30N2O. The highest BCUT2D eigenvalue weighted by molar-refractivity contribution is 4.66. The van der Waals surface area contributed by atoms with Crippen LogP contribution in [0.25, 0.3) is 0 Å². The smallest absolute Gasteiger partial charge is 0.0466 e. The highest BCUT2D eigenvalue weighted by atomic mass is 16.5. The molecule has 1 fully saturated rings. The molecule has 1 heterocycles. The standard InChI is InChI=1S/C14H30N2O/c1-14(2)6-5-13-17-12-4-3-9-16-10-7-15-8-11-16/h14-15H,3-13H2,1-2H3. The van der Waals surface area contributed by atoms with Gasteiger partial charge in [0.25, 0.3) is 0 Å². The van der Waals surface area contributed by atoms with Crippen molar-refractivity contribution in [2.45, 2.75) is 39.5 Å². The van der Waals surface area contributed by atoms with E-state index in [2.05, 4.69) is 24.1 Å². The summed E-state index contributed by atoms with van der Waals surface area (Å²) in [6.45, 7) is 12.4. The molecule has 3 heteroatoms. The monoisotopic (exact) mass is 242 g/mol. The molecule has 0 radical (unpaired) electrons. The summed E-state index contributed by atoms with van der Waals surface area (Å²) in [5.41, 5.74) is 0. The Kier molecular flexibility index (Phi) is 8.67. The van der Waals surface area contributed by atoms with Crippen molar-refractivity contribution in [3.63, 3.8) is 0 Å². The van der Waals surface area contributed by atoms with Crippen LogP contribution in [-0.2, 0) is 4.74 Å². The summed E-state index contributed by atoms with van der Waals surface area (Å²) in [7, 11) is 0. The molecule has 0 aromatic rings. The van der Waals surface area contributed by atoms with E-state index in [1.54, 1.807) is 0 Å². The Morgan fingerprint density at radius 3 is 2.47 bits per heavy atom. The molecule has 1 aliphatic rings. The van der Waals surface area contributed by atoms with Crippen LogP contribution in [0.1, 0.15) is 39.5 Å². The molecule has 1 N–H and O–H groups in total. The first-order valence-corrected chi connectivity index (χ1v) is 7.30. The van der Waals surface area contributed by atoms with E-state index in [-0.39, 0.29) is 0 Å². The Labute approximate surface area is 107 Å². The van der Waals surface area contributed by atoms with Crippen LogP contribution in [0.4, 0.5) is 0 Å². The predicted molar refractivity (Wildman–Crippen MR) is 73.4 cm³/mol. The molecule has 0 atom stereocenters. The van der Waals surface area contributed by atoms with Crippen molar-refractivity contribution in [1.29, 1.82) is 0 Å². The first-order chi connectivity index (χ1) is 8.29. The van der Waals surface area contributed by atoms with Crippen molar-refractivity contribution in [3.8, 4) is 0 Å². The lowest BCUT2D eigenvalue weighted by Crippen LogP contribution is -2.43. The van der Waals surface area contributed by atoms with E-state index in [1.165, 1.54) is 45.3 Å². The third-order valence-corrected chi connectivity index (χ3v) is 3.29. The van der Waals surface area contributed by atoms with Gasteiger partial charge in [-0.1, -0.05) is 13.8 Å². The summed E-state index contributed by atoms with van der Waals surface area (Å²) in [6, 6.07) is 0. The fourth-order valence-electron chi connectivity index (χ4n) is 2.17. The normalized spacial score (nSPS) is 17.8. The topological polar surface area (TPSA) is 24.5 Å². The Hall–Kier alpha value is -0.120. The molecule has 0 spiro atoms. The van der Waals surface area contributed by atoms with Gasteiger partial charge in [0.15, 0.2) is 0 Å². The highest BCUT2D eigenvalue weighted by Crippen LogP contribution is 2.03. The minimum Gasteiger partial charge on any atom is -0.381 e. The molecule has 0 unspecified atom stereocenters. The van der Waals surface area contributed by atoms with E-state index in [0.29, 0.717) is 0 Å². The van der Waals surface area contributed by atoms with Crippen LogP contribution in [0, 0.1) is 5.92 Å². The molecule has 0 aliphatic carbocycles. The Bertz CT molecular complexity index is 168. The van der Waals surface area contributed by atoms with E-state index >= 15 is 0 Å². The summed E-state index contributed by atoms with van der Waals surface area (Å²) in [5, 5.41) is 3.38. The molecular weight excluding hydrogens is 212 g/mol. The number of rotatable bonds is 9. The molecule has 17 heavy (non-hydrogen) atoms. The lowest BCUT2D eigenvalue weighted by molar-refractivity contribution is 0.120. The van der Waals surface area contributed by atoms with Crippen molar-refractivity contribution in [3.05, 3.63) is 0 Å².